The van der Waals surface area contributed by atoms with E-state index < -0.39 is 0 Å². The summed E-state index contributed by atoms with van der Waals surface area (Å²) in [6.45, 7) is 13.0. The van der Waals surface area contributed by atoms with Crippen molar-refractivity contribution in [2.24, 2.45) is 5.92 Å². The first kappa shape index (κ1) is 21.2. The number of halogens is 1. The molecule has 3 rings (SSSR count). The lowest BCUT2D eigenvalue weighted by molar-refractivity contribution is -0.134. The maximum absolute atomic E-state index is 13.3. The van der Waals surface area contributed by atoms with Gasteiger partial charge in [0.1, 0.15) is 17.5 Å². The molecule has 0 aliphatic carbocycles. The van der Waals surface area contributed by atoms with E-state index >= 15 is 0 Å². The lowest BCUT2D eigenvalue weighted by atomic mass is 9.97. The number of amides is 1. The Morgan fingerprint density at radius 3 is 2.21 bits per heavy atom. The number of anilines is 1. The van der Waals surface area contributed by atoms with Crippen LogP contribution in [-0.2, 0) is 11.2 Å². The van der Waals surface area contributed by atoms with E-state index in [0.717, 1.165) is 41.6 Å². The lowest BCUT2D eigenvalue weighted by Crippen LogP contribution is -2.50. The first-order valence-electron chi connectivity index (χ1n) is 10.4. The van der Waals surface area contributed by atoms with Crippen LogP contribution in [0.25, 0.3) is 0 Å². The predicted molar refractivity (Wildman–Crippen MR) is 114 cm³/mol. The Kier molecular flexibility index (Phi) is 6.50. The summed E-state index contributed by atoms with van der Waals surface area (Å²) in [6, 6.07) is 6.63. The first-order valence-corrected chi connectivity index (χ1v) is 10.4. The van der Waals surface area contributed by atoms with Crippen molar-refractivity contribution < 1.29 is 9.18 Å². The van der Waals surface area contributed by atoms with Crippen LogP contribution >= 0.6 is 0 Å². The first-order chi connectivity index (χ1) is 13.8. The van der Waals surface area contributed by atoms with E-state index in [9.17, 15) is 9.18 Å². The third-order valence-corrected chi connectivity index (χ3v) is 5.35. The van der Waals surface area contributed by atoms with Gasteiger partial charge in [0, 0.05) is 44.1 Å². The minimum Gasteiger partial charge on any atom is -0.353 e. The number of benzene rings is 1. The maximum atomic E-state index is 13.3. The molecule has 0 N–H and O–H groups in total. The predicted octanol–water partition coefficient (Wildman–Crippen LogP) is 3.94. The average molecular weight is 399 g/mol. The van der Waals surface area contributed by atoms with Gasteiger partial charge in [0.15, 0.2) is 0 Å². The highest BCUT2D eigenvalue weighted by molar-refractivity contribution is 5.78. The molecule has 0 unspecified atom stereocenters. The second-order valence-corrected chi connectivity index (χ2v) is 8.38. The van der Waals surface area contributed by atoms with Crippen molar-refractivity contribution in [2.45, 2.75) is 47.0 Å². The van der Waals surface area contributed by atoms with Gasteiger partial charge < -0.3 is 9.80 Å². The van der Waals surface area contributed by atoms with E-state index in [4.69, 9.17) is 9.97 Å². The molecule has 1 aromatic heterocycles. The van der Waals surface area contributed by atoms with Gasteiger partial charge in [-0.15, -0.1) is 0 Å². The number of carbonyl (C=O) groups is 1. The Bertz CT molecular complexity index is 856. The third kappa shape index (κ3) is 4.92. The molecule has 29 heavy (non-hydrogen) atoms. The van der Waals surface area contributed by atoms with Gasteiger partial charge in [-0.3, -0.25) is 4.79 Å². The highest BCUT2D eigenvalue weighted by atomic mass is 19.1. The van der Waals surface area contributed by atoms with Gasteiger partial charge in [-0.25, -0.2) is 14.4 Å². The van der Waals surface area contributed by atoms with Crippen LogP contribution in [-0.4, -0.2) is 47.0 Å². The fourth-order valence-electron chi connectivity index (χ4n) is 3.82. The molecule has 0 radical (unpaired) electrons. The maximum Gasteiger partial charge on any atom is 0.225 e. The monoisotopic (exact) mass is 398 g/mol. The molecule has 0 saturated carbocycles. The summed E-state index contributed by atoms with van der Waals surface area (Å²) in [5.41, 5.74) is 3.17. The van der Waals surface area contributed by atoms with Crippen molar-refractivity contribution >= 4 is 11.7 Å². The molecule has 1 aliphatic heterocycles. The van der Waals surface area contributed by atoms with Crippen molar-refractivity contribution in [3.63, 3.8) is 0 Å². The molecule has 1 aromatic carbocycles. The number of aromatic nitrogens is 2. The van der Waals surface area contributed by atoms with E-state index in [-0.39, 0.29) is 23.6 Å². The number of aryl methyl sites for hydroxylation is 1. The van der Waals surface area contributed by atoms with E-state index in [1.165, 1.54) is 12.1 Å². The normalized spacial score (nSPS) is 14.8. The van der Waals surface area contributed by atoms with Gasteiger partial charge >= 0.3 is 0 Å². The van der Waals surface area contributed by atoms with Gasteiger partial charge in [0.2, 0.25) is 5.91 Å². The molecule has 1 fully saturated rings. The van der Waals surface area contributed by atoms with Crippen LogP contribution in [0, 0.1) is 18.7 Å². The zero-order valence-corrected chi connectivity index (χ0v) is 18.1. The summed E-state index contributed by atoms with van der Waals surface area (Å²) in [6.07, 6.45) is 0.661. The third-order valence-electron chi connectivity index (χ3n) is 5.35. The Balaban J connectivity index is 1.91. The van der Waals surface area contributed by atoms with Crippen LogP contribution in [0.5, 0.6) is 0 Å². The minimum absolute atomic E-state index is 0.0180. The average Bonchev–Trinajstić information content (AvgIpc) is 2.70. The Morgan fingerprint density at radius 1 is 1.03 bits per heavy atom. The van der Waals surface area contributed by atoms with Gasteiger partial charge in [-0.1, -0.05) is 39.8 Å². The Hall–Kier alpha value is -2.50. The second-order valence-electron chi connectivity index (χ2n) is 8.38. The van der Waals surface area contributed by atoms with Gasteiger partial charge in [0.05, 0.1) is 5.69 Å². The standard InChI is InChI=1S/C23H31FN4O/c1-15(2)21-20(14-18-6-8-19(24)9-7-18)22(26-17(5)25-21)27-10-12-28(13-11-27)23(29)16(3)4/h6-9,15-16H,10-14H2,1-5H3. The molecule has 1 aliphatic rings. The number of hydrogen-bond donors (Lipinski definition) is 0. The van der Waals surface area contributed by atoms with E-state index in [1.807, 2.05) is 37.8 Å². The van der Waals surface area contributed by atoms with Crippen LogP contribution in [0.3, 0.4) is 0 Å². The highest BCUT2D eigenvalue weighted by Gasteiger charge is 2.26. The van der Waals surface area contributed by atoms with Crippen molar-refractivity contribution in [3.8, 4) is 0 Å². The summed E-state index contributed by atoms with van der Waals surface area (Å²) in [5, 5.41) is 0. The molecule has 2 heterocycles. The molecule has 5 nitrogen and oxygen atoms in total. The summed E-state index contributed by atoms with van der Waals surface area (Å²) in [4.78, 5) is 26.1. The summed E-state index contributed by atoms with van der Waals surface area (Å²) < 4.78 is 13.3. The Labute approximate surface area is 173 Å². The van der Waals surface area contributed by atoms with Crippen LogP contribution < -0.4 is 4.90 Å². The van der Waals surface area contributed by atoms with Gasteiger partial charge in [-0.05, 0) is 30.5 Å². The number of hydrogen-bond acceptors (Lipinski definition) is 4. The molecule has 0 atom stereocenters. The topological polar surface area (TPSA) is 49.3 Å². The van der Waals surface area contributed by atoms with Crippen molar-refractivity contribution in [3.05, 3.63) is 52.7 Å². The van der Waals surface area contributed by atoms with E-state index in [0.29, 0.717) is 19.5 Å². The SMILES string of the molecule is Cc1nc(C(C)C)c(Cc2ccc(F)cc2)c(N2CCN(C(=O)C(C)C)CC2)n1. The fourth-order valence-corrected chi connectivity index (χ4v) is 3.82. The second kappa shape index (κ2) is 8.89. The number of rotatable bonds is 5. The minimum atomic E-state index is -0.232. The van der Waals surface area contributed by atoms with Crippen LogP contribution in [0.1, 0.15) is 56.3 Å². The molecular formula is C23H31FN4O. The molecule has 0 bridgehead atoms. The van der Waals surface area contributed by atoms with Crippen LogP contribution in [0.2, 0.25) is 0 Å². The summed E-state index contributed by atoms with van der Waals surface area (Å²) in [7, 11) is 0. The largest absolute Gasteiger partial charge is 0.353 e. The quantitative estimate of drug-likeness (QED) is 0.765. The van der Waals surface area contributed by atoms with E-state index in [1.54, 1.807) is 0 Å². The van der Waals surface area contributed by atoms with Crippen LogP contribution in [0.4, 0.5) is 10.2 Å². The molecule has 6 heteroatoms. The molecule has 2 aromatic rings. The molecule has 156 valence electrons. The smallest absolute Gasteiger partial charge is 0.225 e. The number of nitrogens with zero attached hydrogens (tertiary/aromatic N) is 4. The highest BCUT2D eigenvalue weighted by Crippen LogP contribution is 2.29. The van der Waals surface area contributed by atoms with Crippen molar-refractivity contribution in [2.75, 3.05) is 31.1 Å². The van der Waals surface area contributed by atoms with Gasteiger partial charge in [0.25, 0.3) is 0 Å². The van der Waals surface area contributed by atoms with E-state index in [2.05, 4.69) is 18.7 Å². The summed E-state index contributed by atoms with van der Waals surface area (Å²) in [5.74, 6) is 1.95. The van der Waals surface area contributed by atoms with Gasteiger partial charge in [-0.2, -0.15) is 0 Å². The fraction of sp³-hybridized carbons (Fsp3) is 0.522. The van der Waals surface area contributed by atoms with Crippen molar-refractivity contribution in [1.82, 2.24) is 14.9 Å². The van der Waals surface area contributed by atoms with Crippen molar-refractivity contribution in [1.29, 1.82) is 0 Å². The number of carbonyl (C=O) groups excluding carboxylic acids is 1. The molecule has 0 spiro atoms. The Morgan fingerprint density at radius 2 is 1.66 bits per heavy atom. The lowest BCUT2D eigenvalue weighted by Gasteiger charge is -2.37. The molecule has 1 amide bonds. The zero-order valence-electron chi connectivity index (χ0n) is 18.1. The zero-order chi connectivity index (χ0) is 21.1. The summed E-state index contributed by atoms with van der Waals surface area (Å²) >= 11 is 0. The molecule has 1 saturated heterocycles. The van der Waals surface area contributed by atoms with Crippen LogP contribution in [0.15, 0.2) is 24.3 Å². The number of piperazine rings is 1. The molecular weight excluding hydrogens is 367 g/mol.